The molecule has 1 aliphatic carbocycles. The molecule has 0 heterocycles. The van der Waals surface area contributed by atoms with E-state index in [1.807, 2.05) is 18.2 Å². The van der Waals surface area contributed by atoms with Gasteiger partial charge >= 0.3 is 0 Å². The SMILES string of the molecule is C[C@@H]1CCCC/C1=N/NC(=O)c1ccccc1. The number of carbonyl (C=O) groups excluding carboxylic acids is 1. The van der Waals surface area contributed by atoms with Gasteiger partial charge < -0.3 is 0 Å². The minimum absolute atomic E-state index is 0.129. The number of amides is 1. The number of rotatable bonds is 2. The zero-order chi connectivity index (χ0) is 12.1. The molecule has 3 heteroatoms. The van der Waals surface area contributed by atoms with Gasteiger partial charge in [-0.15, -0.1) is 0 Å². The third kappa shape index (κ3) is 3.16. The van der Waals surface area contributed by atoms with E-state index in [1.54, 1.807) is 12.1 Å². The van der Waals surface area contributed by atoms with Gasteiger partial charge in [-0.25, -0.2) is 5.43 Å². The maximum absolute atomic E-state index is 11.8. The number of hydrogen-bond acceptors (Lipinski definition) is 2. The van der Waals surface area contributed by atoms with Gasteiger partial charge in [0.2, 0.25) is 0 Å². The second-order valence-corrected chi connectivity index (χ2v) is 4.56. The molecular formula is C14H18N2O. The normalized spacial score (nSPS) is 22.4. The maximum Gasteiger partial charge on any atom is 0.271 e. The highest BCUT2D eigenvalue weighted by Crippen LogP contribution is 2.20. The van der Waals surface area contributed by atoms with E-state index < -0.39 is 0 Å². The van der Waals surface area contributed by atoms with Crippen molar-refractivity contribution in [3.8, 4) is 0 Å². The molecule has 0 bridgehead atoms. The van der Waals surface area contributed by atoms with Crippen LogP contribution in [0.15, 0.2) is 35.4 Å². The van der Waals surface area contributed by atoms with Crippen LogP contribution < -0.4 is 5.43 Å². The molecule has 0 aliphatic heterocycles. The average molecular weight is 230 g/mol. The van der Waals surface area contributed by atoms with Crippen molar-refractivity contribution in [1.29, 1.82) is 0 Å². The van der Waals surface area contributed by atoms with Crippen molar-refractivity contribution in [2.24, 2.45) is 11.0 Å². The lowest BCUT2D eigenvalue weighted by molar-refractivity contribution is 0.0954. The summed E-state index contributed by atoms with van der Waals surface area (Å²) >= 11 is 0. The van der Waals surface area contributed by atoms with E-state index in [-0.39, 0.29) is 5.91 Å². The quantitative estimate of drug-likeness (QED) is 0.780. The number of nitrogens with zero attached hydrogens (tertiary/aromatic N) is 1. The molecular weight excluding hydrogens is 212 g/mol. The van der Waals surface area contributed by atoms with Crippen LogP contribution in [0.1, 0.15) is 43.0 Å². The Kier molecular flexibility index (Phi) is 3.91. The molecule has 2 rings (SSSR count). The summed E-state index contributed by atoms with van der Waals surface area (Å²) < 4.78 is 0. The molecule has 1 amide bonds. The Morgan fingerprint density at radius 3 is 2.76 bits per heavy atom. The monoisotopic (exact) mass is 230 g/mol. The molecule has 1 aliphatic rings. The Labute approximate surface area is 102 Å². The highest BCUT2D eigenvalue weighted by Gasteiger charge is 2.16. The average Bonchev–Trinajstić information content (AvgIpc) is 2.38. The lowest BCUT2D eigenvalue weighted by Crippen LogP contribution is -2.24. The van der Waals surface area contributed by atoms with Gasteiger partial charge in [-0.1, -0.05) is 31.5 Å². The summed E-state index contributed by atoms with van der Waals surface area (Å²) in [5, 5.41) is 4.26. The van der Waals surface area contributed by atoms with Crippen molar-refractivity contribution >= 4 is 11.6 Å². The molecule has 0 saturated heterocycles. The molecule has 1 N–H and O–H groups in total. The lowest BCUT2D eigenvalue weighted by atomic mass is 9.89. The molecule has 1 aromatic carbocycles. The van der Waals surface area contributed by atoms with Gasteiger partial charge in [0.05, 0.1) is 0 Å². The Bertz CT molecular complexity index is 411. The summed E-state index contributed by atoms with van der Waals surface area (Å²) in [5.41, 5.74) is 4.43. The highest BCUT2D eigenvalue weighted by molar-refractivity contribution is 5.95. The first-order chi connectivity index (χ1) is 8.27. The van der Waals surface area contributed by atoms with E-state index in [2.05, 4.69) is 17.5 Å². The van der Waals surface area contributed by atoms with Crippen molar-refractivity contribution in [3.63, 3.8) is 0 Å². The van der Waals surface area contributed by atoms with E-state index in [0.717, 1.165) is 12.1 Å². The molecule has 1 fully saturated rings. The van der Waals surface area contributed by atoms with E-state index in [4.69, 9.17) is 0 Å². The first-order valence-electron chi connectivity index (χ1n) is 6.19. The van der Waals surface area contributed by atoms with Crippen LogP contribution in [0.5, 0.6) is 0 Å². The topological polar surface area (TPSA) is 41.5 Å². The van der Waals surface area contributed by atoms with Gasteiger partial charge in [-0.2, -0.15) is 5.10 Å². The molecule has 0 radical (unpaired) electrons. The third-order valence-electron chi connectivity index (χ3n) is 3.23. The third-order valence-corrected chi connectivity index (χ3v) is 3.23. The van der Waals surface area contributed by atoms with E-state index in [9.17, 15) is 4.79 Å². The number of hydrogen-bond donors (Lipinski definition) is 1. The minimum Gasteiger partial charge on any atom is -0.267 e. The van der Waals surface area contributed by atoms with Crippen LogP contribution in [0.2, 0.25) is 0 Å². The molecule has 0 aromatic heterocycles. The Hall–Kier alpha value is -1.64. The van der Waals surface area contributed by atoms with Gasteiger partial charge in [0, 0.05) is 11.3 Å². The lowest BCUT2D eigenvalue weighted by Gasteiger charge is -2.19. The van der Waals surface area contributed by atoms with Crippen LogP contribution in [-0.4, -0.2) is 11.6 Å². The summed E-state index contributed by atoms with van der Waals surface area (Å²) in [7, 11) is 0. The summed E-state index contributed by atoms with van der Waals surface area (Å²) in [6.45, 7) is 2.17. The highest BCUT2D eigenvalue weighted by atomic mass is 16.2. The van der Waals surface area contributed by atoms with Crippen molar-refractivity contribution < 1.29 is 4.79 Å². The minimum atomic E-state index is -0.129. The number of carbonyl (C=O) groups is 1. The Balaban J connectivity index is 1.97. The van der Waals surface area contributed by atoms with Crippen LogP contribution in [0.25, 0.3) is 0 Å². The zero-order valence-electron chi connectivity index (χ0n) is 10.1. The van der Waals surface area contributed by atoms with Gasteiger partial charge in [0.15, 0.2) is 0 Å². The van der Waals surface area contributed by atoms with E-state index >= 15 is 0 Å². The van der Waals surface area contributed by atoms with Crippen LogP contribution in [-0.2, 0) is 0 Å². The molecule has 1 atom stereocenters. The largest absolute Gasteiger partial charge is 0.271 e. The van der Waals surface area contributed by atoms with Crippen LogP contribution in [0.4, 0.5) is 0 Å². The summed E-state index contributed by atoms with van der Waals surface area (Å²) in [6.07, 6.45) is 4.65. The predicted molar refractivity (Wildman–Crippen MR) is 69.0 cm³/mol. The fourth-order valence-corrected chi connectivity index (χ4v) is 2.11. The molecule has 3 nitrogen and oxygen atoms in total. The molecule has 1 saturated carbocycles. The second kappa shape index (κ2) is 5.62. The Morgan fingerprint density at radius 1 is 1.29 bits per heavy atom. The van der Waals surface area contributed by atoms with Gasteiger partial charge in [0.25, 0.3) is 5.91 Å². The van der Waals surface area contributed by atoms with Crippen LogP contribution in [0.3, 0.4) is 0 Å². The second-order valence-electron chi connectivity index (χ2n) is 4.56. The molecule has 0 spiro atoms. The van der Waals surface area contributed by atoms with Crippen molar-refractivity contribution in [1.82, 2.24) is 5.43 Å². The maximum atomic E-state index is 11.8. The Morgan fingerprint density at radius 2 is 2.06 bits per heavy atom. The standard InChI is InChI=1S/C14H18N2O/c1-11-7-5-6-10-13(11)15-16-14(17)12-8-3-2-4-9-12/h2-4,8-9,11H,5-7,10H2,1H3,(H,16,17)/b15-13-/t11-/m1/s1. The molecule has 0 unspecified atom stereocenters. The molecule has 1 aromatic rings. The van der Waals surface area contributed by atoms with Gasteiger partial charge in [0.1, 0.15) is 0 Å². The number of hydrazone groups is 1. The van der Waals surface area contributed by atoms with Gasteiger partial charge in [-0.3, -0.25) is 4.79 Å². The molecule has 17 heavy (non-hydrogen) atoms. The molecule has 90 valence electrons. The van der Waals surface area contributed by atoms with Crippen LogP contribution >= 0.6 is 0 Å². The zero-order valence-corrected chi connectivity index (χ0v) is 10.1. The van der Waals surface area contributed by atoms with E-state index in [0.29, 0.717) is 11.5 Å². The number of benzene rings is 1. The van der Waals surface area contributed by atoms with Crippen molar-refractivity contribution in [2.75, 3.05) is 0 Å². The predicted octanol–water partition coefficient (Wildman–Crippen LogP) is 2.98. The summed E-state index contributed by atoms with van der Waals surface area (Å²) in [6, 6.07) is 9.18. The summed E-state index contributed by atoms with van der Waals surface area (Å²) in [5.74, 6) is 0.371. The first kappa shape index (κ1) is 11.8. The van der Waals surface area contributed by atoms with Crippen molar-refractivity contribution in [3.05, 3.63) is 35.9 Å². The number of nitrogens with one attached hydrogen (secondary N) is 1. The van der Waals surface area contributed by atoms with Gasteiger partial charge in [-0.05, 0) is 37.3 Å². The van der Waals surface area contributed by atoms with Crippen molar-refractivity contribution in [2.45, 2.75) is 32.6 Å². The van der Waals surface area contributed by atoms with Crippen LogP contribution in [0, 0.1) is 5.92 Å². The van der Waals surface area contributed by atoms with E-state index in [1.165, 1.54) is 19.3 Å². The first-order valence-corrected chi connectivity index (χ1v) is 6.19. The summed E-state index contributed by atoms with van der Waals surface area (Å²) in [4.78, 5) is 11.8. The fraction of sp³-hybridized carbons (Fsp3) is 0.429. The smallest absolute Gasteiger partial charge is 0.267 e. The fourth-order valence-electron chi connectivity index (χ4n) is 2.11.